The second kappa shape index (κ2) is 12.0. The van der Waals surface area contributed by atoms with E-state index in [0.29, 0.717) is 16.5 Å². The smallest absolute Gasteiger partial charge is 0.334 e. The number of quaternary nitrogens is 1. The summed E-state index contributed by atoms with van der Waals surface area (Å²) in [7, 11) is 5.07. The molecular formula is C16H32N2O7S. The highest BCUT2D eigenvalue weighted by Gasteiger charge is 2.12. The third-order valence-electron chi connectivity index (χ3n) is 2.99. The Kier molecular flexibility index (Phi) is 12.3. The molecule has 0 saturated carbocycles. The van der Waals surface area contributed by atoms with Gasteiger partial charge in [0, 0.05) is 5.57 Å². The molecule has 0 aliphatic carbocycles. The van der Waals surface area contributed by atoms with E-state index in [1.54, 1.807) is 60.1 Å². The molecule has 0 aromatic rings. The Balaban J connectivity index is 0. The van der Waals surface area contributed by atoms with Gasteiger partial charge in [0.15, 0.2) is 6.23 Å². The third-order valence-corrected chi connectivity index (χ3v) is 3.79. The van der Waals surface area contributed by atoms with Crippen molar-refractivity contribution in [3.05, 3.63) is 11.6 Å². The Labute approximate surface area is 156 Å². The molecule has 9 nitrogen and oxygen atoms in total. The zero-order valence-electron chi connectivity index (χ0n) is 16.7. The minimum absolute atomic E-state index is 0.0694. The van der Waals surface area contributed by atoms with Crippen LogP contribution in [0.2, 0.25) is 0 Å². The SMILES string of the molecule is C/C(=C\CCCS(=O)(=O)O)C(=O)OC(C)N(C)C.C[N+](C)(C)CC(=O)[O-]. The first kappa shape index (κ1) is 26.7. The number of carboxylic acid groups (broad SMARTS) is 1. The molecule has 10 heteroatoms. The molecule has 154 valence electrons. The number of ether oxygens (including phenoxy) is 1. The molecule has 0 radical (unpaired) electrons. The van der Waals surface area contributed by atoms with Gasteiger partial charge in [-0.15, -0.1) is 0 Å². The Morgan fingerprint density at radius 2 is 1.77 bits per heavy atom. The standard InChI is InChI=1S/C11H21NO5S.C5H11NO2/c1-9(7-5-6-8-18(14,15)16)11(13)17-10(2)12(3)4;1-6(2,3)4-5(7)8/h7,10H,5-6,8H2,1-4H3,(H,14,15,16);4H2,1-3H3/b9-7+;. The van der Waals surface area contributed by atoms with Crippen molar-refractivity contribution in [2.24, 2.45) is 0 Å². The van der Waals surface area contributed by atoms with Crippen LogP contribution in [-0.4, -0.2) is 88.1 Å². The lowest BCUT2D eigenvalue weighted by Crippen LogP contribution is -2.45. The van der Waals surface area contributed by atoms with Gasteiger partial charge in [-0.2, -0.15) is 8.42 Å². The maximum Gasteiger partial charge on any atom is 0.334 e. The van der Waals surface area contributed by atoms with E-state index in [2.05, 4.69) is 0 Å². The molecule has 0 heterocycles. The molecule has 0 saturated heterocycles. The van der Waals surface area contributed by atoms with Gasteiger partial charge in [0.25, 0.3) is 10.1 Å². The maximum atomic E-state index is 11.6. The monoisotopic (exact) mass is 396 g/mol. The topological polar surface area (TPSA) is 124 Å². The number of carbonyl (C=O) groups excluding carboxylic acids is 2. The average molecular weight is 397 g/mol. The molecule has 0 rings (SSSR count). The first-order chi connectivity index (χ1) is 11.5. The van der Waals surface area contributed by atoms with Gasteiger partial charge in [0.1, 0.15) is 6.54 Å². The van der Waals surface area contributed by atoms with Gasteiger partial charge in [-0.05, 0) is 40.8 Å². The van der Waals surface area contributed by atoms with E-state index in [4.69, 9.17) is 9.29 Å². The molecule has 1 atom stereocenters. The summed E-state index contributed by atoms with van der Waals surface area (Å²) < 4.78 is 35.0. The molecule has 0 aliphatic rings. The van der Waals surface area contributed by atoms with Crippen molar-refractivity contribution in [1.29, 1.82) is 0 Å². The quantitative estimate of drug-likeness (QED) is 0.138. The maximum absolute atomic E-state index is 11.6. The molecule has 0 amide bonds. The van der Waals surface area contributed by atoms with E-state index in [0.717, 1.165) is 0 Å². The Hall–Kier alpha value is -1.49. The third kappa shape index (κ3) is 18.8. The molecule has 1 N–H and O–H groups in total. The number of likely N-dealkylation sites (N-methyl/N-ethyl adjacent to an activating group) is 1. The number of carboxylic acids is 1. The Morgan fingerprint density at radius 3 is 2.08 bits per heavy atom. The summed E-state index contributed by atoms with van der Waals surface area (Å²) in [6, 6.07) is 0. The number of carbonyl (C=O) groups is 2. The lowest BCUT2D eigenvalue weighted by atomic mass is 10.2. The Bertz CT molecular complexity index is 578. The fourth-order valence-corrected chi connectivity index (χ4v) is 1.94. The van der Waals surface area contributed by atoms with E-state index in [1.165, 1.54) is 0 Å². The van der Waals surface area contributed by atoms with Crippen LogP contribution in [-0.2, 0) is 24.4 Å². The van der Waals surface area contributed by atoms with Crippen LogP contribution in [0.15, 0.2) is 11.6 Å². The zero-order valence-corrected chi connectivity index (χ0v) is 17.5. The lowest BCUT2D eigenvalue weighted by molar-refractivity contribution is -0.864. The number of esters is 1. The average Bonchev–Trinajstić information content (AvgIpc) is 2.39. The van der Waals surface area contributed by atoms with Crippen molar-refractivity contribution in [3.63, 3.8) is 0 Å². The molecule has 0 fully saturated rings. The van der Waals surface area contributed by atoms with Gasteiger partial charge in [0.2, 0.25) is 0 Å². The molecule has 0 aliphatic heterocycles. The van der Waals surface area contributed by atoms with Crippen molar-refractivity contribution in [3.8, 4) is 0 Å². The minimum Gasteiger partial charge on any atom is -0.544 e. The number of allylic oxidation sites excluding steroid dienone is 1. The highest BCUT2D eigenvalue weighted by atomic mass is 32.2. The second-order valence-electron chi connectivity index (χ2n) is 7.10. The van der Waals surface area contributed by atoms with Gasteiger partial charge >= 0.3 is 5.97 Å². The number of hydrogen-bond donors (Lipinski definition) is 1. The van der Waals surface area contributed by atoms with Crippen LogP contribution in [0.4, 0.5) is 0 Å². The van der Waals surface area contributed by atoms with Crippen LogP contribution in [0.1, 0.15) is 26.7 Å². The van der Waals surface area contributed by atoms with Crippen molar-refractivity contribution in [1.82, 2.24) is 4.90 Å². The van der Waals surface area contributed by atoms with Crippen molar-refractivity contribution in [2.45, 2.75) is 32.9 Å². The molecule has 0 bridgehead atoms. The summed E-state index contributed by atoms with van der Waals surface area (Å²) in [6.07, 6.45) is 1.96. The summed E-state index contributed by atoms with van der Waals surface area (Å²) in [5.74, 6) is -1.74. The van der Waals surface area contributed by atoms with Crippen molar-refractivity contribution in [2.75, 3.05) is 47.5 Å². The van der Waals surface area contributed by atoms with Crippen LogP contribution in [0.25, 0.3) is 0 Å². The van der Waals surface area contributed by atoms with Crippen LogP contribution in [0.3, 0.4) is 0 Å². The van der Waals surface area contributed by atoms with Crippen LogP contribution >= 0.6 is 0 Å². The van der Waals surface area contributed by atoms with Gasteiger partial charge in [0.05, 0.1) is 32.9 Å². The summed E-state index contributed by atoms with van der Waals surface area (Å²) in [5.41, 5.74) is 0.430. The van der Waals surface area contributed by atoms with Gasteiger partial charge in [-0.3, -0.25) is 9.45 Å². The summed E-state index contributed by atoms with van der Waals surface area (Å²) >= 11 is 0. The van der Waals surface area contributed by atoms with Gasteiger partial charge in [-0.25, -0.2) is 4.79 Å². The largest absolute Gasteiger partial charge is 0.544 e. The second-order valence-corrected chi connectivity index (χ2v) is 8.68. The highest BCUT2D eigenvalue weighted by molar-refractivity contribution is 7.85. The van der Waals surface area contributed by atoms with Crippen LogP contribution < -0.4 is 5.11 Å². The predicted octanol–water partition coefficient (Wildman–Crippen LogP) is -0.506. The number of nitrogens with zero attached hydrogens (tertiary/aromatic N) is 2. The van der Waals surface area contributed by atoms with E-state index in [9.17, 15) is 23.1 Å². The molecular weight excluding hydrogens is 364 g/mol. The fourth-order valence-electron chi connectivity index (χ4n) is 1.41. The zero-order chi connectivity index (χ0) is 21.1. The molecule has 0 aromatic carbocycles. The normalized spacial score (nSPS) is 13.7. The van der Waals surface area contributed by atoms with E-state index in [-0.39, 0.29) is 24.9 Å². The number of unbranched alkanes of at least 4 members (excludes halogenated alkanes) is 1. The summed E-state index contributed by atoms with van der Waals surface area (Å²) in [6.45, 7) is 3.43. The molecule has 26 heavy (non-hydrogen) atoms. The summed E-state index contributed by atoms with van der Waals surface area (Å²) in [4.78, 5) is 23.2. The van der Waals surface area contributed by atoms with Crippen LogP contribution in [0.5, 0.6) is 0 Å². The van der Waals surface area contributed by atoms with E-state index in [1.807, 2.05) is 0 Å². The van der Waals surface area contributed by atoms with Crippen LogP contribution in [0, 0.1) is 0 Å². The molecule has 1 unspecified atom stereocenters. The number of aliphatic carboxylic acids is 1. The minimum atomic E-state index is -3.92. The highest BCUT2D eigenvalue weighted by Crippen LogP contribution is 2.05. The summed E-state index contributed by atoms with van der Waals surface area (Å²) in [5, 5.41) is 9.89. The van der Waals surface area contributed by atoms with Crippen molar-refractivity contribution >= 4 is 22.1 Å². The molecule has 0 aromatic heterocycles. The molecule has 0 spiro atoms. The first-order valence-electron chi connectivity index (χ1n) is 8.05. The number of hydrogen-bond acceptors (Lipinski definition) is 7. The van der Waals surface area contributed by atoms with E-state index < -0.39 is 22.1 Å². The Morgan fingerprint density at radius 1 is 1.27 bits per heavy atom. The first-order valence-corrected chi connectivity index (χ1v) is 9.65. The van der Waals surface area contributed by atoms with Gasteiger partial charge < -0.3 is 19.1 Å². The van der Waals surface area contributed by atoms with E-state index >= 15 is 0 Å². The van der Waals surface area contributed by atoms with Crippen molar-refractivity contribution < 1.29 is 36.9 Å². The fraction of sp³-hybridized carbons (Fsp3) is 0.750. The predicted molar refractivity (Wildman–Crippen MR) is 96.6 cm³/mol. The lowest BCUT2D eigenvalue weighted by Gasteiger charge is -2.23. The number of rotatable bonds is 9. The van der Waals surface area contributed by atoms with Gasteiger partial charge in [-0.1, -0.05) is 6.08 Å².